The summed E-state index contributed by atoms with van der Waals surface area (Å²) in [4.78, 5) is 0. The molecule has 0 saturated carbocycles. The summed E-state index contributed by atoms with van der Waals surface area (Å²) >= 11 is 9.15. The Bertz CT molecular complexity index is 120. The summed E-state index contributed by atoms with van der Waals surface area (Å²) in [6.45, 7) is 5.16. The average Bonchev–Trinajstić information content (AvgIpc) is 1.63. The third-order valence-electron chi connectivity index (χ3n) is 0.621. The molecule has 0 saturated heterocycles. The van der Waals surface area contributed by atoms with Gasteiger partial charge in [0.15, 0.2) is 6.23 Å². The third kappa shape index (κ3) is 8.17. The Labute approximate surface area is 82.3 Å². The summed E-state index contributed by atoms with van der Waals surface area (Å²) in [6, 6.07) is 0. The first-order valence-electron chi connectivity index (χ1n) is 2.40. The molecular weight excluding hydrogens is 218 g/mol. The van der Waals surface area contributed by atoms with E-state index in [0.29, 0.717) is 4.32 Å². The van der Waals surface area contributed by atoms with Crippen molar-refractivity contribution in [3.63, 3.8) is 0 Å². The van der Waals surface area contributed by atoms with E-state index in [1.807, 2.05) is 0 Å². The quantitative estimate of drug-likeness (QED) is 0.253. The molecule has 0 rings (SSSR count). The fourth-order valence-electron chi connectivity index (χ4n) is 0.344. The molecule has 1 atom stereocenters. The third-order valence-corrected chi connectivity index (χ3v) is 0.857. The second-order valence-electron chi connectivity index (χ2n) is 1.38. The van der Waals surface area contributed by atoms with Crippen molar-refractivity contribution in [1.82, 2.24) is 5.32 Å². The number of thiocarbonyl (C=S) groups is 1. The molecule has 0 aliphatic rings. The first-order valence-corrected chi connectivity index (χ1v) is 3.22. The van der Waals surface area contributed by atoms with Crippen LogP contribution in [-0.2, 0) is 34.4 Å². The van der Waals surface area contributed by atoms with Crippen molar-refractivity contribution >= 4 is 29.2 Å². The summed E-state index contributed by atoms with van der Waals surface area (Å²) in [5.41, 5.74) is 0. The van der Waals surface area contributed by atoms with E-state index in [1.165, 1.54) is 6.26 Å². The SMILES string of the molecule is C=COC(C)NC(=S)[S-].[Cu+]. The van der Waals surface area contributed by atoms with Crippen LogP contribution in [0.15, 0.2) is 12.8 Å². The Balaban J connectivity index is 0. The topological polar surface area (TPSA) is 21.3 Å². The van der Waals surface area contributed by atoms with E-state index in [4.69, 9.17) is 4.74 Å². The van der Waals surface area contributed by atoms with E-state index in [1.54, 1.807) is 6.92 Å². The zero-order valence-electron chi connectivity index (χ0n) is 5.39. The zero-order valence-corrected chi connectivity index (χ0v) is 7.96. The Morgan fingerprint density at radius 3 is 2.70 bits per heavy atom. The van der Waals surface area contributed by atoms with Gasteiger partial charge in [0.1, 0.15) is 0 Å². The van der Waals surface area contributed by atoms with Crippen molar-refractivity contribution in [3.8, 4) is 0 Å². The van der Waals surface area contributed by atoms with Gasteiger partial charge in [-0.3, -0.25) is 0 Å². The molecule has 62 valence electrons. The summed E-state index contributed by atoms with van der Waals surface area (Å²) in [7, 11) is 0. The van der Waals surface area contributed by atoms with E-state index < -0.39 is 0 Å². The Kier molecular flexibility index (Phi) is 9.32. The van der Waals surface area contributed by atoms with E-state index in [2.05, 4.69) is 36.7 Å². The molecule has 1 N–H and O–H groups in total. The molecule has 0 bridgehead atoms. The molecule has 0 aliphatic carbocycles. The van der Waals surface area contributed by atoms with Gasteiger partial charge in [0.25, 0.3) is 0 Å². The fraction of sp³-hybridized carbons (Fsp3) is 0.400. The van der Waals surface area contributed by atoms with Gasteiger partial charge in [0.05, 0.1) is 6.26 Å². The molecular formula is C5H8CuNOS2. The van der Waals surface area contributed by atoms with Gasteiger partial charge in [-0.1, -0.05) is 10.9 Å². The molecule has 0 fully saturated rings. The van der Waals surface area contributed by atoms with Crippen LogP contribution in [0.25, 0.3) is 0 Å². The van der Waals surface area contributed by atoms with Crippen molar-refractivity contribution in [2.24, 2.45) is 0 Å². The fourth-order valence-corrected chi connectivity index (χ4v) is 0.676. The van der Waals surface area contributed by atoms with Gasteiger partial charge >= 0.3 is 17.1 Å². The molecule has 0 radical (unpaired) electrons. The van der Waals surface area contributed by atoms with Gasteiger partial charge < -0.3 is 34.9 Å². The number of hydrogen-bond acceptors (Lipinski definition) is 3. The van der Waals surface area contributed by atoms with Crippen molar-refractivity contribution in [3.05, 3.63) is 12.8 Å². The average molecular weight is 226 g/mol. The summed E-state index contributed by atoms with van der Waals surface area (Å²) in [5, 5.41) is 2.70. The van der Waals surface area contributed by atoms with E-state index in [9.17, 15) is 0 Å². The monoisotopic (exact) mass is 225 g/mol. The molecule has 10 heavy (non-hydrogen) atoms. The number of nitrogens with one attached hydrogen (secondary N) is 1. The first-order chi connectivity index (χ1) is 4.16. The van der Waals surface area contributed by atoms with E-state index in [0.717, 1.165) is 0 Å². The number of ether oxygens (including phenoxy) is 1. The molecule has 1 unspecified atom stereocenters. The van der Waals surface area contributed by atoms with E-state index >= 15 is 0 Å². The Morgan fingerprint density at radius 1 is 1.90 bits per heavy atom. The van der Waals surface area contributed by atoms with Crippen LogP contribution in [-0.4, -0.2) is 10.5 Å². The molecule has 0 aromatic rings. The van der Waals surface area contributed by atoms with Crippen molar-refractivity contribution < 1.29 is 21.8 Å². The summed E-state index contributed by atoms with van der Waals surface area (Å²) in [5.74, 6) is 0. The van der Waals surface area contributed by atoms with Crippen LogP contribution >= 0.6 is 12.2 Å². The second kappa shape index (κ2) is 7.28. The number of hydrogen-bond donors (Lipinski definition) is 1. The van der Waals surface area contributed by atoms with Crippen LogP contribution in [0.2, 0.25) is 0 Å². The molecule has 0 aromatic carbocycles. The molecule has 0 aromatic heterocycles. The smallest absolute Gasteiger partial charge is 0.479 e. The van der Waals surface area contributed by atoms with Crippen molar-refractivity contribution in [1.29, 1.82) is 0 Å². The molecule has 0 amide bonds. The van der Waals surface area contributed by atoms with Crippen molar-refractivity contribution in [2.75, 3.05) is 0 Å². The van der Waals surface area contributed by atoms with Crippen LogP contribution in [0.1, 0.15) is 6.92 Å². The van der Waals surface area contributed by atoms with Crippen LogP contribution in [0.3, 0.4) is 0 Å². The Hall–Kier alpha value is 0.169. The summed E-state index contributed by atoms with van der Waals surface area (Å²) < 4.78 is 5.16. The number of rotatable bonds is 3. The van der Waals surface area contributed by atoms with Crippen molar-refractivity contribution in [2.45, 2.75) is 13.2 Å². The van der Waals surface area contributed by atoms with Gasteiger partial charge in [0.2, 0.25) is 0 Å². The predicted octanol–water partition coefficient (Wildman–Crippen LogP) is 0.911. The first kappa shape index (κ1) is 12.8. The minimum atomic E-state index is -0.174. The minimum absolute atomic E-state index is 0. The maximum Gasteiger partial charge on any atom is 1.00 e. The van der Waals surface area contributed by atoms with Crippen LogP contribution < -0.4 is 5.32 Å². The molecule has 5 heteroatoms. The van der Waals surface area contributed by atoms with Crippen LogP contribution in [0.4, 0.5) is 0 Å². The maximum absolute atomic E-state index is 4.85. The van der Waals surface area contributed by atoms with Gasteiger partial charge in [-0.05, 0) is 6.92 Å². The zero-order chi connectivity index (χ0) is 7.28. The predicted molar refractivity (Wildman–Crippen MR) is 43.8 cm³/mol. The van der Waals surface area contributed by atoms with Gasteiger partial charge in [-0.25, -0.2) is 0 Å². The van der Waals surface area contributed by atoms with E-state index in [-0.39, 0.29) is 23.3 Å². The van der Waals surface area contributed by atoms with Crippen LogP contribution in [0.5, 0.6) is 0 Å². The minimum Gasteiger partial charge on any atom is -0.479 e. The van der Waals surface area contributed by atoms with Gasteiger partial charge in [-0.2, -0.15) is 0 Å². The standard InChI is InChI=1S/C5H9NOS2.Cu/c1-3-7-4(2)6-5(8)9;/h3-4H,1H2,2H3,(H2,6,8,9);/q;+1/p-1. The largest absolute Gasteiger partial charge is 1.00 e. The van der Waals surface area contributed by atoms with Gasteiger partial charge in [-0.15, -0.1) is 0 Å². The normalized spacial score (nSPS) is 10.5. The molecule has 2 nitrogen and oxygen atoms in total. The van der Waals surface area contributed by atoms with Crippen LogP contribution in [0, 0.1) is 0 Å². The molecule has 0 spiro atoms. The Morgan fingerprint density at radius 2 is 2.40 bits per heavy atom. The molecule has 0 aliphatic heterocycles. The summed E-state index contributed by atoms with van der Waals surface area (Å²) in [6.07, 6.45) is 1.16. The second-order valence-corrected chi connectivity index (χ2v) is 2.45. The molecule has 0 heterocycles. The maximum atomic E-state index is 4.85. The van der Waals surface area contributed by atoms with Gasteiger partial charge in [0, 0.05) is 0 Å².